The molecule has 0 bridgehead atoms. The van der Waals surface area contributed by atoms with E-state index in [0.717, 1.165) is 0 Å². The molecule has 0 atom stereocenters. The summed E-state index contributed by atoms with van der Waals surface area (Å²) in [4.78, 5) is 20.9. The van der Waals surface area contributed by atoms with Crippen LogP contribution in [0.5, 0.6) is 11.5 Å². The number of hydrogen-bond acceptors (Lipinski definition) is 8. The minimum atomic E-state index is -0.547. The Labute approximate surface area is 154 Å². The van der Waals surface area contributed by atoms with Crippen LogP contribution >= 0.6 is 0 Å². The van der Waals surface area contributed by atoms with Crippen LogP contribution in [0.1, 0.15) is 19.4 Å². The summed E-state index contributed by atoms with van der Waals surface area (Å²) in [5.41, 5.74) is 3.13. The highest BCUT2D eigenvalue weighted by atomic mass is 16.6. The number of rotatable bonds is 8. The predicted molar refractivity (Wildman–Crippen MR) is 99.7 cm³/mol. The molecule has 10 nitrogen and oxygen atoms in total. The molecule has 27 heavy (non-hydrogen) atoms. The van der Waals surface area contributed by atoms with Gasteiger partial charge >= 0.3 is 0 Å². The number of anilines is 1. The molecule has 0 amide bonds. The Morgan fingerprint density at radius 3 is 2.26 bits per heavy atom. The Bertz CT molecular complexity index is 864. The van der Waals surface area contributed by atoms with Crippen molar-refractivity contribution in [2.45, 2.75) is 20.0 Å². The smallest absolute Gasteiger partial charge is 0.282 e. The first-order valence-corrected chi connectivity index (χ1v) is 7.88. The van der Waals surface area contributed by atoms with Crippen LogP contribution < -0.4 is 14.9 Å². The van der Waals surface area contributed by atoms with Crippen LogP contribution in [-0.2, 0) is 0 Å². The molecule has 0 aromatic heterocycles. The number of methoxy groups -OCH3 is 1. The van der Waals surface area contributed by atoms with E-state index in [0.29, 0.717) is 11.4 Å². The van der Waals surface area contributed by atoms with Crippen LogP contribution in [0, 0.1) is 20.2 Å². The predicted octanol–water partition coefficient (Wildman–Crippen LogP) is 3.74. The summed E-state index contributed by atoms with van der Waals surface area (Å²) in [6, 6.07) is 8.34. The lowest BCUT2D eigenvalue weighted by molar-refractivity contribution is -0.385. The van der Waals surface area contributed by atoms with Crippen molar-refractivity contribution >= 4 is 23.3 Å². The number of benzene rings is 2. The van der Waals surface area contributed by atoms with E-state index in [9.17, 15) is 20.2 Å². The van der Waals surface area contributed by atoms with Gasteiger partial charge in [-0.25, -0.2) is 0 Å². The number of hydrazone groups is 1. The number of nitro benzene ring substituents is 2. The van der Waals surface area contributed by atoms with Crippen molar-refractivity contribution in [2.24, 2.45) is 5.10 Å². The quantitative estimate of drug-likeness (QED) is 0.423. The maximum absolute atomic E-state index is 11.3. The Hall–Kier alpha value is -3.69. The number of hydrogen-bond donors (Lipinski definition) is 1. The van der Waals surface area contributed by atoms with E-state index in [1.807, 2.05) is 13.8 Å². The van der Waals surface area contributed by atoms with Crippen molar-refractivity contribution in [1.29, 1.82) is 0 Å². The molecule has 10 heteroatoms. The van der Waals surface area contributed by atoms with Gasteiger partial charge in [-0.2, -0.15) is 5.10 Å². The molecular formula is C17H18N4O6. The molecule has 0 fully saturated rings. The second-order valence-corrected chi connectivity index (χ2v) is 5.66. The van der Waals surface area contributed by atoms with E-state index in [1.54, 1.807) is 0 Å². The molecule has 0 heterocycles. The molecule has 0 radical (unpaired) electrons. The largest absolute Gasteiger partial charge is 0.493 e. The highest BCUT2D eigenvalue weighted by molar-refractivity contribution is 5.87. The fraction of sp³-hybridized carbons (Fsp3) is 0.235. The minimum Gasteiger partial charge on any atom is -0.493 e. The van der Waals surface area contributed by atoms with Crippen molar-refractivity contribution in [2.75, 3.05) is 12.5 Å². The molecule has 0 aliphatic rings. The second-order valence-electron chi connectivity index (χ2n) is 5.66. The standard InChI is InChI=1S/C17H18N4O6/c1-11(2)27-17-8-12(15(21(24)25)9-16(17)26-3)10-18-19-13-4-6-14(7-5-13)20(22)23/h4-11,19H,1-3H3. The highest BCUT2D eigenvalue weighted by Gasteiger charge is 2.19. The van der Waals surface area contributed by atoms with Gasteiger partial charge in [0, 0.05) is 12.1 Å². The van der Waals surface area contributed by atoms with Crippen LogP contribution in [0.2, 0.25) is 0 Å². The van der Waals surface area contributed by atoms with Crippen molar-refractivity contribution < 1.29 is 19.3 Å². The monoisotopic (exact) mass is 374 g/mol. The third-order valence-corrected chi connectivity index (χ3v) is 3.35. The molecule has 2 rings (SSSR count). The van der Waals surface area contributed by atoms with Gasteiger partial charge < -0.3 is 9.47 Å². The molecule has 2 aromatic rings. The molecule has 0 spiro atoms. The first kappa shape index (κ1) is 19.6. The van der Waals surface area contributed by atoms with Crippen molar-refractivity contribution in [3.8, 4) is 11.5 Å². The summed E-state index contributed by atoms with van der Waals surface area (Å²) >= 11 is 0. The number of nitro groups is 2. The molecule has 0 saturated heterocycles. The normalized spacial score (nSPS) is 10.8. The third kappa shape index (κ3) is 5.14. The first-order chi connectivity index (χ1) is 12.8. The fourth-order valence-corrected chi connectivity index (χ4v) is 2.17. The van der Waals surface area contributed by atoms with Crippen LogP contribution in [0.4, 0.5) is 17.1 Å². The fourth-order valence-electron chi connectivity index (χ4n) is 2.17. The molecule has 2 aromatic carbocycles. The van der Waals surface area contributed by atoms with Crippen LogP contribution in [0.15, 0.2) is 41.5 Å². The molecule has 0 aliphatic carbocycles. The highest BCUT2D eigenvalue weighted by Crippen LogP contribution is 2.34. The van der Waals surface area contributed by atoms with Gasteiger partial charge in [0.05, 0.1) is 46.6 Å². The zero-order chi connectivity index (χ0) is 20.0. The van der Waals surface area contributed by atoms with Gasteiger partial charge in [0.1, 0.15) is 0 Å². The lowest BCUT2D eigenvalue weighted by Crippen LogP contribution is -2.08. The lowest BCUT2D eigenvalue weighted by Gasteiger charge is -2.14. The van der Waals surface area contributed by atoms with Gasteiger partial charge in [0.2, 0.25) is 0 Å². The van der Waals surface area contributed by atoms with Crippen molar-refractivity contribution in [3.05, 3.63) is 62.2 Å². The van der Waals surface area contributed by atoms with E-state index in [2.05, 4.69) is 10.5 Å². The summed E-state index contributed by atoms with van der Waals surface area (Å²) < 4.78 is 10.8. The second kappa shape index (κ2) is 8.61. The molecule has 0 aliphatic heterocycles. The molecule has 0 unspecified atom stereocenters. The van der Waals surface area contributed by atoms with E-state index in [-0.39, 0.29) is 28.8 Å². The molecule has 0 saturated carbocycles. The van der Waals surface area contributed by atoms with Gasteiger partial charge in [-0.1, -0.05) is 0 Å². The zero-order valence-electron chi connectivity index (χ0n) is 14.9. The maximum atomic E-state index is 11.3. The van der Waals surface area contributed by atoms with Crippen LogP contribution in [-0.4, -0.2) is 29.3 Å². The average molecular weight is 374 g/mol. The van der Waals surface area contributed by atoms with Crippen molar-refractivity contribution in [1.82, 2.24) is 0 Å². The summed E-state index contributed by atoms with van der Waals surface area (Å²) in [6.07, 6.45) is 1.12. The number of non-ortho nitro benzene ring substituents is 1. The Kier molecular flexibility index (Phi) is 6.26. The van der Waals surface area contributed by atoms with Gasteiger partial charge in [0.25, 0.3) is 11.4 Å². The SMILES string of the molecule is COc1cc([N+](=O)[O-])c(C=NNc2ccc([N+](=O)[O-])cc2)cc1OC(C)C. The van der Waals surface area contributed by atoms with E-state index in [1.165, 1.54) is 49.7 Å². The summed E-state index contributed by atoms with van der Waals surface area (Å²) in [6.45, 7) is 3.65. The van der Waals surface area contributed by atoms with Gasteiger partial charge in [-0.05, 0) is 32.0 Å². The van der Waals surface area contributed by atoms with E-state index >= 15 is 0 Å². The number of nitrogens with one attached hydrogen (secondary N) is 1. The lowest BCUT2D eigenvalue weighted by atomic mass is 10.1. The third-order valence-electron chi connectivity index (χ3n) is 3.35. The van der Waals surface area contributed by atoms with Gasteiger partial charge in [-0.3, -0.25) is 25.7 Å². The van der Waals surface area contributed by atoms with Gasteiger partial charge in [0.15, 0.2) is 11.5 Å². The van der Waals surface area contributed by atoms with E-state index < -0.39 is 9.85 Å². The molecular weight excluding hydrogens is 356 g/mol. The maximum Gasteiger partial charge on any atom is 0.282 e. The number of nitrogens with zero attached hydrogens (tertiary/aromatic N) is 3. The average Bonchev–Trinajstić information content (AvgIpc) is 2.61. The summed E-state index contributed by atoms with van der Waals surface area (Å²) in [5, 5.41) is 25.9. The summed E-state index contributed by atoms with van der Waals surface area (Å²) in [5.74, 6) is 0.603. The summed E-state index contributed by atoms with van der Waals surface area (Å²) in [7, 11) is 1.40. The van der Waals surface area contributed by atoms with E-state index in [4.69, 9.17) is 9.47 Å². The van der Waals surface area contributed by atoms with Gasteiger partial charge in [-0.15, -0.1) is 0 Å². The zero-order valence-corrected chi connectivity index (χ0v) is 14.9. The van der Waals surface area contributed by atoms with Crippen LogP contribution in [0.3, 0.4) is 0 Å². The Balaban J connectivity index is 2.28. The van der Waals surface area contributed by atoms with Crippen molar-refractivity contribution in [3.63, 3.8) is 0 Å². The Morgan fingerprint density at radius 2 is 1.74 bits per heavy atom. The first-order valence-electron chi connectivity index (χ1n) is 7.88. The molecule has 1 N–H and O–H groups in total. The number of ether oxygens (including phenoxy) is 2. The molecule has 142 valence electrons. The topological polar surface area (TPSA) is 129 Å². The van der Waals surface area contributed by atoms with Crippen LogP contribution in [0.25, 0.3) is 0 Å². The minimum absolute atomic E-state index is 0.0502. The Morgan fingerprint density at radius 1 is 1.07 bits per heavy atom.